The number of hydrogen-bond acceptors (Lipinski definition) is 4. The Morgan fingerprint density at radius 3 is 2.31 bits per heavy atom. The van der Waals surface area contributed by atoms with Crippen LogP contribution in [0.15, 0.2) is 72.8 Å². The van der Waals surface area contributed by atoms with Gasteiger partial charge in [0.05, 0.1) is 24.5 Å². The van der Waals surface area contributed by atoms with Gasteiger partial charge in [0.2, 0.25) is 10.0 Å². The van der Waals surface area contributed by atoms with Crippen molar-refractivity contribution in [1.82, 2.24) is 5.32 Å². The Kier molecular flexibility index (Phi) is 7.36. The van der Waals surface area contributed by atoms with Gasteiger partial charge in [-0.3, -0.25) is 9.10 Å². The summed E-state index contributed by atoms with van der Waals surface area (Å²) in [7, 11) is -3.69. The van der Waals surface area contributed by atoms with Gasteiger partial charge in [-0.2, -0.15) is 0 Å². The Labute approximate surface area is 212 Å². The van der Waals surface area contributed by atoms with E-state index in [4.69, 9.17) is 4.74 Å². The van der Waals surface area contributed by atoms with E-state index in [1.54, 1.807) is 42.5 Å². The van der Waals surface area contributed by atoms with Gasteiger partial charge < -0.3 is 10.1 Å². The summed E-state index contributed by atoms with van der Waals surface area (Å²) in [4.78, 5) is 13.2. The van der Waals surface area contributed by atoms with Crippen molar-refractivity contribution in [3.8, 4) is 5.75 Å². The lowest BCUT2D eigenvalue weighted by Gasteiger charge is -2.41. The first-order valence-corrected chi connectivity index (χ1v) is 13.9. The zero-order valence-corrected chi connectivity index (χ0v) is 21.5. The van der Waals surface area contributed by atoms with Crippen LogP contribution in [0.2, 0.25) is 0 Å². The number of benzene rings is 3. The average Bonchev–Trinajstić information content (AvgIpc) is 2.87. The first-order valence-electron chi connectivity index (χ1n) is 12.1. The molecule has 1 unspecified atom stereocenters. The highest BCUT2D eigenvalue weighted by Crippen LogP contribution is 2.42. The standard InChI is InChI=1S/C28H31FN2O4S/c1-4-28(5-2)18-25(23-11-7-9-13-26(23)35-28)30-27(32)20-14-16-22(17-15-20)31(36(3,33)34)19-21-10-6-8-12-24(21)29/h6-17,25H,4-5,18-19H2,1-3H3,(H,30,32). The molecule has 1 atom stereocenters. The van der Waals surface area contributed by atoms with Crippen LogP contribution in [0.4, 0.5) is 10.1 Å². The highest BCUT2D eigenvalue weighted by molar-refractivity contribution is 7.92. The molecule has 36 heavy (non-hydrogen) atoms. The topological polar surface area (TPSA) is 75.7 Å². The van der Waals surface area contributed by atoms with Gasteiger partial charge in [-0.25, -0.2) is 12.8 Å². The van der Waals surface area contributed by atoms with Crippen LogP contribution in [0.5, 0.6) is 5.75 Å². The molecule has 0 spiro atoms. The fourth-order valence-electron chi connectivity index (χ4n) is 4.63. The molecule has 8 heteroatoms. The molecule has 1 N–H and O–H groups in total. The number of fused-ring (bicyclic) bond motifs is 1. The van der Waals surface area contributed by atoms with Crippen LogP contribution < -0.4 is 14.4 Å². The third-order valence-electron chi connectivity index (χ3n) is 6.88. The lowest BCUT2D eigenvalue weighted by Crippen LogP contribution is -2.44. The van der Waals surface area contributed by atoms with Gasteiger partial charge in [0, 0.05) is 23.1 Å². The van der Waals surface area contributed by atoms with Gasteiger partial charge in [-0.1, -0.05) is 50.2 Å². The number of rotatable bonds is 8. The molecule has 0 saturated heterocycles. The third-order valence-corrected chi connectivity index (χ3v) is 8.02. The van der Waals surface area contributed by atoms with E-state index in [9.17, 15) is 17.6 Å². The molecule has 1 amide bonds. The molecule has 0 fully saturated rings. The number of sulfonamides is 1. The van der Waals surface area contributed by atoms with E-state index in [1.807, 2.05) is 24.3 Å². The molecular formula is C28H31FN2O4S. The molecule has 0 bridgehead atoms. The number of anilines is 1. The van der Waals surface area contributed by atoms with Gasteiger partial charge in [0.15, 0.2) is 0 Å². The molecule has 0 aliphatic carbocycles. The maximum Gasteiger partial charge on any atom is 0.251 e. The summed E-state index contributed by atoms with van der Waals surface area (Å²) < 4.78 is 46.6. The van der Waals surface area contributed by atoms with Crippen LogP contribution in [-0.4, -0.2) is 26.2 Å². The molecule has 6 nitrogen and oxygen atoms in total. The lowest BCUT2D eigenvalue weighted by molar-refractivity contribution is 0.0227. The minimum atomic E-state index is -3.69. The number of para-hydroxylation sites is 1. The second kappa shape index (κ2) is 10.3. The molecule has 1 heterocycles. The summed E-state index contributed by atoms with van der Waals surface area (Å²) in [5.74, 6) is 0.0449. The summed E-state index contributed by atoms with van der Waals surface area (Å²) in [5, 5.41) is 3.14. The van der Waals surface area contributed by atoms with E-state index >= 15 is 0 Å². The van der Waals surface area contributed by atoms with Crippen molar-refractivity contribution in [2.24, 2.45) is 0 Å². The van der Waals surface area contributed by atoms with E-state index in [1.165, 1.54) is 6.07 Å². The van der Waals surface area contributed by atoms with Crippen LogP contribution in [0, 0.1) is 5.82 Å². The van der Waals surface area contributed by atoms with Crippen molar-refractivity contribution < 1.29 is 22.3 Å². The highest BCUT2D eigenvalue weighted by Gasteiger charge is 2.39. The number of carbonyl (C=O) groups excluding carboxylic acids is 1. The Morgan fingerprint density at radius 2 is 1.67 bits per heavy atom. The van der Waals surface area contributed by atoms with Crippen molar-refractivity contribution in [2.75, 3.05) is 10.6 Å². The number of amides is 1. The Bertz CT molecular complexity index is 1340. The number of nitrogens with zero attached hydrogens (tertiary/aromatic N) is 1. The SMILES string of the molecule is CCC1(CC)CC(NC(=O)c2ccc(N(Cc3ccccc3F)S(C)(=O)=O)cc2)c2ccccc2O1. The maximum absolute atomic E-state index is 14.2. The van der Waals surface area contributed by atoms with Gasteiger partial charge in [0.1, 0.15) is 17.2 Å². The number of nitrogens with one attached hydrogen (secondary N) is 1. The van der Waals surface area contributed by atoms with Crippen molar-refractivity contribution in [1.29, 1.82) is 0 Å². The summed E-state index contributed by atoms with van der Waals surface area (Å²) in [5.41, 5.74) is 1.61. The Morgan fingerprint density at radius 1 is 1.03 bits per heavy atom. The molecule has 1 aliphatic heterocycles. The van der Waals surface area contributed by atoms with E-state index in [0.717, 1.165) is 34.7 Å². The van der Waals surface area contributed by atoms with Crippen LogP contribution in [0.3, 0.4) is 0 Å². The van der Waals surface area contributed by atoms with Crippen LogP contribution in [0.25, 0.3) is 0 Å². The zero-order chi connectivity index (χ0) is 25.9. The highest BCUT2D eigenvalue weighted by atomic mass is 32.2. The number of hydrogen-bond donors (Lipinski definition) is 1. The predicted molar refractivity (Wildman–Crippen MR) is 139 cm³/mol. The van der Waals surface area contributed by atoms with E-state index < -0.39 is 15.8 Å². The van der Waals surface area contributed by atoms with E-state index in [0.29, 0.717) is 17.7 Å². The summed E-state index contributed by atoms with van der Waals surface area (Å²) in [6.45, 7) is 4.03. The summed E-state index contributed by atoms with van der Waals surface area (Å²) in [6.07, 6.45) is 3.38. The minimum Gasteiger partial charge on any atom is -0.487 e. The maximum atomic E-state index is 14.2. The molecule has 0 aromatic heterocycles. The molecular weight excluding hydrogens is 479 g/mol. The number of carbonyl (C=O) groups is 1. The first-order chi connectivity index (χ1) is 17.2. The van der Waals surface area contributed by atoms with Crippen molar-refractivity contribution in [3.05, 3.63) is 95.3 Å². The zero-order valence-electron chi connectivity index (χ0n) is 20.7. The largest absolute Gasteiger partial charge is 0.487 e. The predicted octanol–water partition coefficient (Wildman–Crippen LogP) is 5.60. The Balaban J connectivity index is 1.56. The third kappa shape index (κ3) is 5.38. The fraction of sp³-hybridized carbons (Fsp3) is 0.321. The monoisotopic (exact) mass is 510 g/mol. The smallest absolute Gasteiger partial charge is 0.251 e. The molecule has 0 radical (unpaired) electrons. The van der Waals surface area contributed by atoms with Crippen molar-refractivity contribution in [2.45, 2.75) is 51.3 Å². The van der Waals surface area contributed by atoms with Crippen LogP contribution in [-0.2, 0) is 16.6 Å². The quantitative estimate of drug-likeness (QED) is 0.428. The summed E-state index contributed by atoms with van der Waals surface area (Å²) >= 11 is 0. The normalized spacial score (nSPS) is 16.5. The van der Waals surface area contributed by atoms with Gasteiger partial charge in [-0.15, -0.1) is 0 Å². The minimum absolute atomic E-state index is 0.147. The van der Waals surface area contributed by atoms with Gasteiger partial charge >= 0.3 is 0 Å². The average molecular weight is 511 g/mol. The number of halogens is 1. The van der Waals surface area contributed by atoms with E-state index in [2.05, 4.69) is 19.2 Å². The van der Waals surface area contributed by atoms with Gasteiger partial charge in [0.25, 0.3) is 5.91 Å². The molecule has 3 aromatic carbocycles. The van der Waals surface area contributed by atoms with Crippen LogP contribution >= 0.6 is 0 Å². The number of ether oxygens (including phenoxy) is 1. The molecule has 1 aliphatic rings. The Hall–Kier alpha value is -3.39. The second-order valence-corrected chi connectivity index (χ2v) is 11.1. The van der Waals surface area contributed by atoms with Crippen molar-refractivity contribution >= 4 is 21.6 Å². The summed E-state index contributed by atoms with van der Waals surface area (Å²) in [6, 6.07) is 19.9. The molecule has 0 saturated carbocycles. The molecule has 190 valence electrons. The van der Waals surface area contributed by atoms with E-state index in [-0.39, 0.29) is 29.7 Å². The lowest BCUT2D eigenvalue weighted by atomic mass is 9.83. The second-order valence-electron chi connectivity index (χ2n) is 9.17. The fourth-order valence-corrected chi connectivity index (χ4v) is 5.51. The van der Waals surface area contributed by atoms with Gasteiger partial charge in [-0.05, 0) is 49.2 Å². The molecule has 3 aromatic rings. The molecule has 4 rings (SSSR count). The van der Waals surface area contributed by atoms with Crippen molar-refractivity contribution in [3.63, 3.8) is 0 Å². The van der Waals surface area contributed by atoms with Crippen LogP contribution in [0.1, 0.15) is 60.6 Å². The first kappa shape index (κ1) is 25.7.